The molecule has 38 heavy (non-hydrogen) atoms. The van der Waals surface area contributed by atoms with Gasteiger partial charge in [0.2, 0.25) is 5.91 Å². The van der Waals surface area contributed by atoms with Crippen molar-refractivity contribution >= 4 is 34.5 Å². The minimum absolute atomic E-state index is 0.00885. The Kier molecular flexibility index (Phi) is 7.34. The van der Waals surface area contributed by atoms with Crippen LogP contribution in [-0.2, 0) is 9.53 Å². The summed E-state index contributed by atoms with van der Waals surface area (Å²) in [5.41, 5.74) is 5.18. The highest BCUT2D eigenvalue weighted by Crippen LogP contribution is 2.40. The molecule has 3 aromatic heterocycles. The van der Waals surface area contributed by atoms with Crippen LogP contribution in [0.4, 0.5) is 5.69 Å². The fraction of sp³-hybridized carbons (Fsp3) is 0.400. The summed E-state index contributed by atoms with van der Waals surface area (Å²) in [5.74, 6) is 0.336. The van der Waals surface area contributed by atoms with E-state index in [0.717, 1.165) is 58.7 Å². The molecule has 1 aliphatic rings. The van der Waals surface area contributed by atoms with Gasteiger partial charge in [0.1, 0.15) is 4.88 Å². The fourth-order valence-electron chi connectivity index (χ4n) is 5.22. The first kappa shape index (κ1) is 26.1. The Morgan fingerprint density at radius 2 is 1.74 bits per heavy atom. The van der Waals surface area contributed by atoms with E-state index in [1.807, 2.05) is 74.3 Å². The number of thiophene rings is 1. The summed E-state index contributed by atoms with van der Waals surface area (Å²) in [6.07, 6.45) is 5.83. The van der Waals surface area contributed by atoms with Crippen molar-refractivity contribution in [2.45, 2.75) is 59.4 Å². The fourth-order valence-corrected chi connectivity index (χ4v) is 6.29. The Hall–Kier alpha value is -3.52. The Labute approximate surface area is 227 Å². The first-order chi connectivity index (χ1) is 18.2. The maximum atomic E-state index is 13.7. The lowest BCUT2D eigenvalue weighted by atomic mass is 9.82. The van der Waals surface area contributed by atoms with Crippen LogP contribution >= 0.6 is 11.3 Å². The van der Waals surface area contributed by atoms with Gasteiger partial charge in [-0.15, -0.1) is 11.3 Å². The van der Waals surface area contributed by atoms with Gasteiger partial charge < -0.3 is 9.64 Å². The van der Waals surface area contributed by atoms with Crippen molar-refractivity contribution in [1.82, 2.24) is 14.6 Å². The number of benzene rings is 1. The highest BCUT2D eigenvalue weighted by atomic mass is 32.1. The van der Waals surface area contributed by atoms with E-state index in [0.29, 0.717) is 16.5 Å². The molecule has 1 fully saturated rings. The summed E-state index contributed by atoms with van der Waals surface area (Å²) in [6.45, 7) is 8.21. The van der Waals surface area contributed by atoms with Crippen LogP contribution in [0.1, 0.15) is 61.8 Å². The van der Waals surface area contributed by atoms with Gasteiger partial charge in [-0.2, -0.15) is 5.10 Å². The third-order valence-electron chi connectivity index (χ3n) is 7.39. The molecule has 1 amide bonds. The van der Waals surface area contributed by atoms with Gasteiger partial charge in [0.15, 0.2) is 5.65 Å². The van der Waals surface area contributed by atoms with E-state index in [1.165, 1.54) is 18.4 Å². The number of carbonyl (C=O) groups is 2. The molecule has 3 heterocycles. The minimum atomic E-state index is -0.420. The van der Waals surface area contributed by atoms with Crippen LogP contribution in [0.3, 0.4) is 0 Å². The molecule has 0 N–H and O–H groups in total. The number of aromatic nitrogens is 3. The maximum Gasteiger partial charge on any atom is 0.350 e. The summed E-state index contributed by atoms with van der Waals surface area (Å²) < 4.78 is 6.90. The molecule has 1 aliphatic carbocycles. The van der Waals surface area contributed by atoms with Crippen LogP contribution in [0.15, 0.2) is 48.7 Å². The predicted octanol–water partition coefficient (Wildman–Crippen LogP) is 6.79. The average molecular weight is 531 g/mol. The van der Waals surface area contributed by atoms with Crippen molar-refractivity contribution in [1.29, 1.82) is 0 Å². The standard InChI is InChI=1S/C30H34N4O3S/c1-18(2)34(29(35)23-8-6-19(3)7-9-23)25-17-26(38-28(25)30(36)37-5)22-12-10-21(11-13-22)24-16-27-31-20(4)14-15-33(27)32-24/h10-19,23H,6-9H2,1-5H3/t19-,23-. The second-order valence-electron chi connectivity index (χ2n) is 10.6. The molecule has 0 radical (unpaired) electrons. The first-order valence-corrected chi connectivity index (χ1v) is 14.1. The summed E-state index contributed by atoms with van der Waals surface area (Å²) in [5, 5.41) is 4.64. The van der Waals surface area contributed by atoms with Crippen LogP contribution in [-0.4, -0.2) is 39.6 Å². The highest BCUT2D eigenvalue weighted by Gasteiger charge is 2.33. The number of fused-ring (bicyclic) bond motifs is 1. The second-order valence-corrected chi connectivity index (χ2v) is 11.6. The quantitative estimate of drug-likeness (QED) is 0.257. The molecule has 7 nitrogen and oxygen atoms in total. The molecule has 198 valence electrons. The smallest absolute Gasteiger partial charge is 0.350 e. The van der Waals surface area contributed by atoms with E-state index in [4.69, 9.17) is 4.74 Å². The number of anilines is 1. The monoisotopic (exact) mass is 530 g/mol. The Bertz CT molecular complexity index is 1460. The number of carbonyl (C=O) groups excluding carboxylic acids is 2. The lowest BCUT2D eigenvalue weighted by Crippen LogP contribution is -2.42. The zero-order valence-corrected chi connectivity index (χ0v) is 23.4. The summed E-state index contributed by atoms with van der Waals surface area (Å²) in [4.78, 5) is 34.3. The summed E-state index contributed by atoms with van der Waals surface area (Å²) >= 11 is 1.36. The van der Waals surface area contributed by atoms with E-state index < -0.39 is 5.97 Å². The Balaban J connectivity index is 1.47. The molecule has 0 aliphatic heterocycles. The van der Waals surface area contributed by atoms with Crippen LogP contribution < -0.4 is 4.90 Å². The maximum absolute atomic E-state index is 13.7. The van der Waals surface area contributed by atoms with Crippen molar-refractivity contribution in [3.63, 3.8) is 0 Å². The number of rotatable bonds is 6. The normalized spacial score (nSPS) is 17.6. The number of nitrogens with zero attached hydrogens (tertiary/aromatic N) is 4. The number of hydrogen-bond donors (Lipinski definition) is 0. The first-order valence-electron chi connectivity index (χ1n) is 13.2. The van der Waals surface area contributed by atoms with Gasteiger partial charge in [0.05, 0.1) is 18.5 Å². The molecule has 1 aromatic carbocycles. The Morgan fingerprint density at radius 1 is 1.05 bits per heavy atom. The second kappa shape index (κ2) is 10.7. The van der Waals surface area contributed by atoms with E-state index in [1.54, 1.807) is 4.52 Å². The molecule has 0 bridgehead atoms. The lowest BCUT2D eigenvalue weighted by Gasteiger charge is -2.33. The number of amides is 1. The number of hydrogen-bond acceptors (Lipinski definition) is 6. The predicted molar refractivity (Wildman–Crippen MR) is 152 cm³/mol. The van der Waals surface area contributed by atoms with E-state index in [2.05, 4.69) is 17.0 Å². The number of aryl methyl sites for hydroxylation is 1. The lowest BCUT2D eigenvalue weighted by molar-refractivity contribution is -0.123. The number of methoxy groups -OCH3 is 1. The topological polar surface area (TPSA) is 76.8 Å². The number of esters is 1. The van der Waals surface area contributed by atoms with E-state index >= 15 is 0 Å². The van der Waals surface area contributed by atoms with Crippen LogP contribution in [0, 0.1) is 18.8 Å². The zero-order valence-electron chi connectivity index (χ0n) is 22.6. The van der Waals surface area contributed by atoms with E-state index in [9.17, 15) is 9.59 Å². The van der Waals surface area contributed by atoms with Gasteiger partial charge >= 0.3 is 5.97 Å². The molecule has 0 atom stereocenters. The van der Waals surface area contributed by atoms with Gasteiger partial charge in [0, 0.05) is 40.4 Å². The van der Waals surface area contributed by atoms with E-state index in [-0.39, 0.29) is 17.9 Å². The van der Waals surface area contributed by atoms with Gasteiger partial charge in [0.25, 0.3) is 0 Å². The molecule has 0 unspecified atom stereocenters. The van der Waals surface area contributed by atoms with Gasteiger partial charge in [-0.05, 0) is 70.1 Å². The van der Waals surface area contributed by atoms with Crippen LogP contribution in [0.5, 0.6) is 0 Å². The highest BCUT2D eigenvalue weighted by molar-refractivity contribution is 7.18. The third-order valence-corrected chi connectivity index (χ3v) is 8.54. The van der Waals surface area contributed by atoms with Crippen molar-refractivity contribution in [2.24, 2.45) is 11.8 Å². The van der Waals surface area contributed by atoms with Crippen molar-refractivity contribution in [3.05, 3.63) is 59.2 Å². The number of ether oxygens (including phenoxy) is 1. The molecule has 4 aromatic rings. The average Bonchev–Trinajstić information content (AvgIpc) is 3.53. The summed E-state index contributed by atoms with van der Waals surface area (Å²) in [6, 6.07) is 13.9. The van der Waals surface area contributed by atoms with Crippen molar-refractivity contribution in [2.75, 3.05) is 12.0 Å². The molecule has 0 saturated heterocycles. The zero-order chi connectivity index (χ0) is 27.0. The molecular weight excluding hydrogens is 496 g/mol. The van der Waals surface area contributed by atoms with Crippen molar-refractivity contribution < 1.29 is 14.3 Å². The third kappa shape index (κ3) is 5.10. The minimum Gasteiger partial charge on any atom is -0.465 e. The van der Waals surface area contributed by atoms with Gasteiger partial charge in [-0.1, -0.05) is 31.2 Å². The molecular formula is C30H34N4O3S. The van der Waals surface area contributed by atoms with Crippen molar-refractivity contribution in [3.8, 4) is 21.7 Å². The van der Waals surface area contributed by atoms with Crippen LogP contribution in [0.25, 0.3) is 27.3 Å². The Morgan fingerprint density at radius 3 is 2.39 bits per heavy atom. The molecule has 5 rings (SSSR count). The van der Waals surface area contributed by atoms with Gasteiger partial charge in [-0.3, -0.25) is 4.79 Å². The molecule has 1 saturated carbocycles. The summed E-state index contributed by atoms with van der Waals surface area (Å²) in [7, 11) is 1.38. The SMILES string of the molecule is COC(=O)c1sc(-c2ccc(-c3cc4nc(C)ccn4n3)cc2)cc1N(C(=O)[C@H]1CC[C@H](C)CC1)C(C)C. The van der Waals surface area contributed by atoms with Gasteiger partial charge in [-0.25, -0.2) is 14.3 Å². The van der Waals surface area contributed by atoms with Crippen LogP contribution in [0.2, 0.25) is 0 Å². The largest absolute Gasteiger partial charge is 0.465 e. The molecule has 0 spiro atoms. The molecule has 8 heteroatoms.